The third-order valence-electron chi connectivity index (χ3n) is 3.56. The van der Waals surface area contributed by atoms with Crippen LogP contribution in [0.3, 0.4) is 0 Å². The summed E-state index contributed by atoms with van der Waals surface area (Å²) in [7, 11) is 0. The fourth-order valence-electron chi connectivity index (χ4n) is 2.31. The van der Waals surface area contributed by atoms with E-state index in [0.717, 1.165) is 39.3 Å². The monoisotopic (exact) mass is 319 g/mol. The smallest absolute Gasteiger partial charge is 0.270 e. The van der Waals surface area contributed by atoms with Crippen LogP contribution in [0, 0.1) is 10.1 Å². The molecule has 0 bridgehead atoms. The van der Waals surface area contributed by atoms with Crippen molar-refractivity contribution in [3.8, 4) is 0 Å². The first kappa shape index (κ1) is 17.1. The lowest BCUT2D eigenvalue weighted by Crippen LogP contribution is -2.38. The zero-order valence-corrected chi connectivity index (χ0v) is 12.9. The Hall–Kier alpha value is -2.25. The number of amides is 1. The van der Waals surface area contributed by atoms with Crippen molar-refractivity contribution < 1.29 is 14.5 Å². The first-order chi connectivity index (χ1) is 11.1. The second-order valence-corrected chi connectivity index (χ2v) is 5.28. The summed E-state index contributed by atoms with van der Waals surface area (Å²) in [5.41, 5.74) is 0.640. The Bertz CT molecular complexity index is 568. The first-order valence-electron chi connectivity index (χ1n) is 7.65. The van der Waals surface area contributed by atoms with Gasteiger partial charge in [0.05, 0.1) is 18.1 Å². The van der Waals surface area contributed by atoms with Crippen LogP contribution >= 0.6 is 0 Å². The highest BCUT2D eigenvalue weighted by Crippen LogP contribution is 2.13. The molecule has 0 unspecified atom stereocenters. The van der Waals surface area contributed by atoms with Gasteiger partial charge < -0.3 is 10.1 Å². The number of non-ortho nitro benzene ring substituents is 1. The van der Waals surface area contributed by atoms with Crippen LogP contribution in [0.25, 0.3) is 6.08 Å². The third kappa shape index (κ3) is 6.17. The maximum Gasteiger partial charge on any atom is 0.270 e. The van der Waals surface area contributed by atoms with Crippen LogP contribution in [-0.4, -0.2) is 55.1 Å². The molecule has 0 atom stereocenters. The van der Waals surface area contributed by atoms with Crippen molar-refractivity contribution in [1.82, 2.24) is 10.2 Å². The Morgan fingerprint density at radius 1 is 1.39 bits per heavy atom. The van der Waals surface area contributed by atoms with Crippen molar-refractivity contribution in [2.45, 2.75) is 6.42 Å². The van der Waals surface area contributed by atoms with Crippen LogP contribution in [0.2, 0.25) is 0 Å². The van der Waals surface area contributed by atoms with Gasteiger partial charge in [-0.15, -0.1) is 0 Å². The predicted molar refractivity (Wildman–Crippen MR) is 87.0 cm³/mol. The summed E-state index contributed by atoms with van der Waals surface area (Å²) in [6.45, 7) is 4.99. The number of carbonyl (C=O) groups excluding carboxylic acids is 1. The normalized spacial score (nSPS) is 15.7. The number of hydrogen-bond acceptors (Lipinski definition) is 5. The summed E-state index contributed by atoms with van der Waals surface area (Å²) >= 11 is 0. The van der Waals surface area contributed by atoms with Gasteiger partial charge in [-0.25, -0.2) is 0 Å². The maximum atomic E-state index is 11.7. The topological polar surface area (TPSA) is 84.7 Å². The molecule has 0 radical (unpaired) electrons. The molecule has 1 aliphatic rings. The molecule has 1 fully saturated rings. The summed E-state index contributed by atoms with van der Waals surface area (Å²) in [5, 5.41) is 13.5. The quantitative estimate of drug-likeness (QED) is 0.356. The van der Waals surface area contributed by atoms with Gasteiger partial charge in [-0.3, -0.25) is 19.8 Å². The molecule has 23 heavy (non-hydrogen) atoms. The van der Waals surface area contributed by atoms with Crippen LogP contribution in [-0.2, 0) is 9.53 Å². The molecule has 2 rings (SSSR count). The molecule has 1 aromatic carbocycles. The second-order valence-electron chi connectivity index (χ2n) is 5.28. The van der Waals surface area contributed by atoms with Gasteiger partial charge >= 0.3 is 0 Å². The summed E-state index contributed by atoms with van der Waals surface area (Å²) in [4.78, 5) is 24.3. The van der Waals surface area contributed by atoms with Crippen molar-refractivity contribution in [2.75, 3.05) is 39.4 Å². The van der Waals surface area contributed by atoms with E-state index in [2.05, 4.69) is 10.2 Å². The average Bonchev–Trinajstić information content (AvgIpc) is 2.58. The molecule has 1 saturated heterocycles. The average molecular weight is 319 g/mol. The number of hydrogen-bond donors (Lipinski definition) is 1. The van der Waals surface area contributed by atoms with E-state index in [1.54, 1.807) is 18.2 Å². The number of carbonyl (C=O) groups is 1. The molecule has 1 aromatic rings. The molecular weight excluding hydrogens is 298 g/mol. The molecule has 0 aliphatic carbocycles. The van der Waals surface area contributed by atoms with Gasteiger partial charge in [0.1, 0.15) is 0 Å². The van der Waals surface area contributed by atoms with Gasteiger partial charge in [0.25, 0.3) is 5.69 Å². The van der Waals surface area contributed by atoms with Crippen molar-refractivity contribution in [3.63, 3.8) is 0 Å². The molecular formula is C16H21N3O4. The van der Waals surface area contributed by atoms with Crippen LogP contribution < -0.4 is 5.32 Å². The number of nitrogens with one attached hydrogen (secondary N) is 1. The fraction of sp³-hybridized carbons (Fsp3) is 0.438. The van der Waals surface area contributed by atoms with Crippen molar-refractivity contribution in [3.05, 3.63) is 46.0 Å². The molecule has 7 heteroatoms. The minimum atomic E-state index is -0.455. The number of nitro groups is 1. The number of nitro benzene ring substituents is 1. The van der Waals surface area contributed by atoms with E-state index in [1.165, 1.54) is 18.2 Å². The van der Waals surface area contributed by atoms with Crippen LogP contribution in [0.5, 0.6) is 0 Å². The SMILES string of the molecule is O=C(/C=C\c1cccc([N+](=O)[O-])c1)NCCCN1CCOCC1. The van der Waals surface area contributed by atoms with Crippen molar-refractivity contribution >= 4 is 17.7 Å². The Kier molecular flexibility index (Phi) is 6.71. The fourth-order valence-corrected chi connectivity index (χ4v) is 2.31. The molecule has 1 amide bonds. The minimum absolute atomic E-state index is 0.0121. The van der Waals surface area contributed by atoms with Crippen molar-refractivity contribution in [1.29, 1.82) is 0 Å². The molecule has 1 aliphatic heterocycles. The zero-order chi connectivity index (χ0) is 16.5. The Balaban J connectivity index is 1.69. The van der Waals surface area contributed by atoms with E-state index < -0.39 is 4.92 Å². The number of rotatable bonds is 7. The third-order valence-corrected chi connectivity index (χ3v) is 3.56. The largest absolute Gasteiger partial charge is 0.379 e. The highest BCUT2D eigenvalue weighted by Gasteiger charge is 2.09. The Labute approximate surface area is 135 Å². The van der Waals surface area contributed by atoms with Gasteiger partial charge in [0.15, 0.2) is 0 Å². The summed E-state index contributed by atoms with van der Waals surface area (Å²) in [5.74, 6) is -0.196. The summed E-state index contributed by atoms with van der Waals surface area (Å²) < 4.78 is 5.28. The lowest BCUT2D eigenvalue weighted by Gasteiger charge is -2.26. The van der Waals surface area contributed by atoms with Crippen LogP contribution in [0.4, 0.5) is 5.69 Å². The maximum absolute atomic E-state index is 11.7. The van der Waals surface area contributed by atoms with E-state index in [-0.39, 0.29) is 11.6 Å². The van der Waals surface area contributed by atoms with E-state index in [4.69, 9.17) is 4.74 Å². The lowest BCUT2D eigenvalue weighted by atomic mass is 10.2. The number of morpholine rings is 1. The number of nitrogens with zero attached hydrogens (tertiary/aromatic N) is 2. The van der Waals surface area contributed by atoms with Gasteiger partial charge in [-0.1, -0.05) is 12.1 Å². The molecule has 0 saturated carbocycles. The molecule has 1 N–H and O–H groups in total. The van der Waals surface area contributed by atoms with Gasteiger partial charge in [0, 0.05) is 37.8 Å². The van der Waals surface area contributed by atoms with E-state index >= 15 is 0 Å². The number of ether oxygens (including phenoxy) is 1. The summed E-state index contributed by atoms with van der Waals surface area (Å²) in [6, 6.07) is 6.17. The predicted octanol–water partition coefficient (Wildman–Crippen LogP) is 1.45. The van der Waals surface area contributed by atoms with E-state index in [1.807, 2.05) is 0 Å². The zero-order valence-electron chi connectivity index (χ0n) is 12.9. The molecule has 0 spiro atoms. The molecule has 0 aromatic heterocycles. The minimum Gasteiger partial charge on any atom is -0.379 e. The lowest BCUT2D eigenvalue weighted by molar-refractivity contribution is -0.384. The Morgan fingerprint density at radius 3 is 2.91 bits per heavy atom. The van der Waals surface area contributed by atoms with E-state index in [0.29, 0.717) is 12.1 Å². The molecule has 124 valence electrons. The standard InChI is InChI=1S/C16H21N3O4/c20-16(17-7-2-8-18-9-11-23-12-10-18)6-5-14-3-1-4-15(13-14)19(21)22/h1,3-6,13H,2,7-12H2,(H,17,20)/b6-5-. The molecule has 1 heterocycles. The Morgan fingerprint density at radius 2 is 2.17 bits per heavy atom. The van der Waals surface area contributed by atoms with Gasteiger partial charge in [0.2, 0.25) is 5.91 Å². The van der Waals surface area contributed by atoms with Crippen LogP contribution in [0.15, 0.2) is 30.3 Å². The first-order valence-corrected chi connectivity index (χ1v) is 7.65. The van der Waals surface area contributed by atoms with E-state index in [9.17, 15) is 14.9 Å². The number of benzene rings is 1. The molecule has 7 nitrogen and oxygen atoms in total. The highest BCUT2D eigenvalue weighted by atomic mass is 16.6. The van der Waals surface area contributed by atoms with Crippen LogP contribution in [0.1, 0.15) is 12.0 Å². The second kappa shape index (κ2) is 9.02. The highest BCUT2D eigenvalue weighted by molar-refractivity contribution is 5.91. The van der Waals surface area contributed by atoms with Gasteiger partial charge in [-0.05, 0) is 24.6 Å². The van der Waals surface area contributed by atoms with Crippen molar-refractivity contribution in [2.24, 2.45) is 0 Å². The summed E-state index contributed by atoms with van der Waals surface area (Å²) in [6.07, 6.45) is 3.86. The van der Waals surface area contributed by atoms with Gasteiger partial charge in [-0.2, -0.15) is 0 Å².